The average molecular weight is 232 g/mol. The first-order valence-corrected chi connectivity index (χ1v) is 5.69. The zero-order valence-corrected chi connectivity index (χ0v) is 10.1. The second kappa shape index (κ2) is 4.34. The summed E-state index contributed by atoms with van der Waals surface area (Å²) >= 11 is 0. The van der Waals surface area contributed by atoms with Crippen LogP contribution in [0.25, 0.3) is 0 Å². The van der Waals surface area contributed by atoms with Crippen molar-refractivity contribution in [2.24, 2.45) is 0 Å². The summed E-state index contributed by atoms with van der Waals surface area (Å²) in [5, 5.41) is 9.55. The Balaban J connectivity index is 1.99. The van der Waals surface area contributed by atoms with Crippen molar-refractivity contribution in [2.45, 2.75) is 32.5 Å². The SMILES string of the molecule is Cc1ccc(CCC2=CC(C)(O)OC2=O)cc1. The van der Waals surface area contributed by atoms with Crippen molar-refractivity contribution >= 4 is 5.97 Å². The maximum atomic E-state index is 11.4. The monoisotopic (exact) mass is 232 g/mol. The van der Waals surface area contributed by atoms with Gasteiger partial charge in [-0.2, -0.15) is 0 Å². The molecule has 1 atom stereocenters. The molecule has 2 rings (SSSR count). The van der Waals surface area contributed by atoms with E-state index in [0.29, 0.717) is 12.0 Å². The lowest BCUT2D eigenvalue weighted by Gasteiger charge is -2.11. The van der Waals surface area contributed by atoms with E-state index in [0.717, 1.165) is 6.42 Å². The molecule has 0 spiro atoms. The fraction of sp³-hybridized carbons (Fsp3) is 0.357. The van der Waals surface area contributed by atoms with Crippen molar-refractivity contribution < 1.29 is 14.6 Å². The van der Waals surface area contributed by atoms with Gasteiger partial charge in [0.15, 0.2) is 0 Å². The third kappa shape index (κ3) is 2.94. The number of cyclic esters (lactones) is 1. The molecule has 1 N–H and O–H groups in total. The summed E-state index contributed by atoms with van der Waals surface area (Å²) in [4.78, 5) is 11.4. The third-order valence-electron chi connectivity index (χ3n) is 2.81. The Morgan fingerprint density at radius 2 is 1.88 bits per heavy atom. The summed E-state index contributed by atoms with van der Waals surface area (Å²) in [5.74, 6) is -1.85. The minimum Gasteiger partial charge on any atom is -0.426 e. The minimum atomic E-state index is -1.43. The van der Waals surface area contributed by atoms with Crippen LogP contribution in [0.3, 0.4) is 0 Å². The number of esters is 1. The molecule has 1 aromatic carbocycles. The van der Waals surface area contributed by atoms with Crippen LogP contribution in [0.5, 0.6) is 0 Å². The Morgan fingerprint density at radius 3 is 2.41 bits per heavy atom. The van der Waals surface area contributed by atoms with Crippen LogP contribution < -0.4 is 0 Å². The molecule has 0 saturated heterocycles. The van der Waals surface area contributed by atoms with E-state index in [-0.39, 0.29) is 0 Å². The van der Waals surface area contributed by atoms with Crippen molar-refractivity contribution in [3.8, 4) is 0 Å². The summed E-state index contributed by atoms with van der Waals surface area (Å²) in [6.07, 6.45) is 2.86. The van der Waals surface area contributed by atoms with Crippen LogP contribution in [0.15, 0.2) is 35.9 Å². The van der Waals surface area contributed by atoms with Crippen molar-refractivity contribution in [3.05, 3.63) is 47.0 Å². The molecule has 0 amide bonds. The summed E-state index contributed by atoms with van der Waals surface area (Å²) in [6.45, 7) is 3.50. The molecule has 0 bridgehead atoms. The molecule has 0 saturated carbocycles. The summed E-state index contributed by atoms with van der Waals surface area (Å²) < 4.78 is 4.79. The molecule has 0 aliphatic carbocycles. The molecule has 0 radical (unpaired) electrons. The zero-order valence-electron chi connectivity index (χ0n) is 10.1. The van der Waals surface area contributed by atoms with Gasteiger partial charge in [-0.3, -0.25) is 0 Å². The Morgan fingerprint density at radius 1 is 1.24 bits per heavy atom. The first-order valence-electron chi connectivity index (χ1n) is 5.69. The second-order valence-electron chi connectivity index (χ2n) is 4.60. The van der Waals surface area contributed by atoms with E-state index in [9.17, 15) is 9.90 Å². The molecule has 1 heterocycles. The van der Waals surface area contributed by atoms with Gasteiger partial charge in [0.1, 0.15) is 0 Å². The first kappa shape index (κ1) is 11.9. The van der Waals surface area contributed by atoms with Crippen molar-refractivity contribution in [3.63, 3.8) is 0 Å². The third-order valence-corrected chi connectivity index (χ3v) is 2.81. The quantitative estimate of drug-likeness (QED) is 0.812. The Bertz CT molecular complexity index is 455. The molecular weight excluding hydrogens is 216 g/mol. The highest BCUT2D eigenvalue weighted by Gasteiger charge is 2.32. The van der Waals surface area contributed by atoms with Gasteiger partial charge < -0.3 is 9.84 Å². The second-order valence-corrected chi connectivity index (χ2v) is 4.60. The van der Waals surface area contributed by atoms with Crippen molar-refractivity contribution in [1.82, 2.24) is 0 Å². The van der Waals surface area contributed by atoms with Crippen LogP contribution in [0.4, 0.5) is 0 Å². The fourth-order valence-corrected chi connectivity index (χ4v) is 1.87. The molecule has 17 heavy (non-hydrogen) atoms. The molecule has 1 aliphatic heterocycles. The van der Waals surface area contributed by atoms with E-state index >= 15 is 0 Å². The Labute approximate surface area is 101 Å². The average Bonchev–Trinajstić information content (AvgIpc) is 2.51. The van der Waals surface area contributed by atoms with Gasteiger partial charge in [0.2, 0.25) is 5.79 Å². The van der Waals surface area contributed by atoms with Gasteiger partial charge in [-0.05, 0) is 31.4 Å². The number of hydrogen-bond acceptors (Lipinski definition) is 3. The summed E-state index contributed by atoms with van der Waals surface area (Å²) in [7, 11) is 0. The van der Waals surface area contributed by atoms with Crippen LogP contribution >= 0.6 is 0 Å². The molecule has 1 unspecified atom stereocenters. The predicted molar refractivity (Wildman–Crippen MR) is 64.3 cm³/mol. The highest BCUT2D eigenvalue weighted by molar-refractivity contribution is 5.91. The zero-order chi connectivity index (χ0) is 12.5. The van der Waals surface area contributed by atoms with E-state index < -0.39 is 11.8 Å². The Kier molecular flexibility index (Phi) is 3.03. The van der Waals surface area contributed by atoms with Gasteiger partial charge in [-0.15, -0.1) is 0 Å². The van der Waals surface area contributed by atoms with Crippen LogP contribution in [-0.4, -0.2) is 16.9 Å². The molecule has 3 nitrogen and oxygen atoms in total. The number of benzene rings is 1. The van der Waals surface area contributed by atoms with Crippen molar-refractivity contribution in [1.29, 1.82) is 0 Å². The van der Waals surface area contributed by atoms with Gasteiger partial charge in [0.25, 0.3) is 0 Å². The molecular formula is C14H16O3. The van der Waals surface area contributed by atoms with Gasteiger partial charge in [0, 0.05) is 12.5 Å². The van der Waals surface area contributed by atoms with Gasteiger partial charge in [0.05, 0.1) is 0 Å². The van der Waals surface area contributed by atoms with E-state index in [1.165, 1.54) is 24.1 Å². The van der Waals surface area contributed by atoms with Gasteiger partial charge >= 0.3 is 5.97 Å². The number of ether oxygens (including phenoxy) is 1. The van der Waals surface area contributed by atoms with E-state index in [1.54, 1.807) is 0 Å². The van der Waals surface area contributed by atoms with Crippen LogP contribution in [0, 0.1) is 6.92 Å². The van der Waals surface area contributed by atoms with E-state index in [2.05, 4.69) is 0 Å². The largest absolute Gasteiger partial charge is 0.426 e. The maximum absolute atomic E-state index is 11.4. The number of rotatable bonds is 3. The number of aliphatic hydroxyl groups is 1. The fourth-order valence-electron chi connectivity index (χ4n) is 1.87. The topological polar surface area (TPSA) is 46.5 Å². The number of aryl methyl sites for hydroxylation is 2. The molecule has 1 aromatic rings. The van der Waals surface area contributed by atoms with Gasteiger partial charge in [-0.25, -0.2) is 4.79 Å². The molecule has 1 aliphatic rings. The minimum absolute atomic E-state index is 0.415. The first-order chi connectivity index (χ1) is 7.96. The summed E-state index contributed by atoms with van der Waals surface area (Å²) in [5.41, 5.74) is 2.95. The standard InChI is InChI=1S/C14H16O3/c1-10-3-5-11(6-4-10)7-8-12-9-14(2,16)17-13(12)15/h3-6,9,16H,7-8H2,1-2H3. The smallest absolute Gasteiger partial charge is 0.336 e. The van der Waals surface area contributed by atoms with E-state index in [1.807, 2.05) is 31.2 Å². The maximum Gasteiger partial charge on any atom is 0.336 e. The number of carbonyl (C=O) groups is 1. The summed E-state index contributed by atoms with van der Waals surface area (Å²) in [6, 6.07) is 8.20. The molecule has 3 heteroatoms. The highest BCUT2D eigenvalue weighted by atomic mass is 16.7. The number of carbonyl (C=O) groups excluding carboxylic acids is 1. The lowest BCUT2D eigenvalue weighted by atomic mass is 10.0. The van der Waals surface area contributed by atoms with Gasteiger partial charge in [-0.1, -0.05) is 29.8 Å². The number of hydrogen-bond donors (Lipinski definition) is 1. The molecule has 90 valence electrons. The Hall–Kier alpha value is -1.61. The molecule has 0 fully saturated rings. The van der Waals surface area contributed by atoms with Crippen LogP contribution in [0.1, 0.15) is 24.5 Å². The van der Waals surface area contributed by atoms with E-state index in [4.69, 9.17) is 4.74 Å². The predicted octanol–water partition coefficient (Wildman–Crippen LogP) is 2.12. The normalized spacial score (nSPS) is 23.5. The lowest BCUT2D eigenvalue weighted by Crippen LogP contribution is -2.22. The molecule has 0 aromatic heterocycles. The van der Waals surface area contributed by atoms with Crippen LogP contribution in [0.2, 0.25) is 0 Å². The van der Waals surface area contributed by atoms with Crippen molar-refractivity contribution in [2.75, 3.05) is 0 Å². The van der Waals surface area contributed by atoms with Crippen LogP contribution in [-0.2, 0) is 16.0 Å². The lowest BCUT2D eigenvalue weighted by molar-refractivity contribution is -0.172. The highest BCUT2D eigenvalue weighted by Crippen LogP contribution is 2.24.